The monoisotopic (exact) mass is 436 g/mol. The van der Waals surface area contributed by atoms with Crippen molar-refractivity contribution in [3.8, 4) is 0 Å². The Labute approximate surface area is 143 Å². The molecule has 0 radical (unpaired) electrons. The fraction of sp³-hybridized carbons (Fsp3) is 0.462. The van der Waals surface area contributed by atoms with E-state index >= 15 is 0 Å². The van der Waals surface area contributed by atoms with Gasteiger partial charge in [0.15, 0.2) is 5.78 Å². The minimum atomic E-state index is -0.603. The number of thiophene rings is 1. The Morgan fingerprint density at radius 3 is 2.48 bits per heavy atom. The molecule has 0 N–H and O–H groups in total. The van der Waals surface area contributed by atoms with E-state index in [1.165, 1.54) is 21.1 Å². The lowest BCUT2D eigenvalue weighted by Gasteiger charge is -2.35. The van der Waals surface area contributed by atoms with Gasteiger partial charge in [-0.05, 0) is 51.8 Å². The van der Waals surface area contributed by atoms with Crippen molar-refractivity contribution in [3.63, 3.8) is 0 Å². The molecule has 2 rings (SSSR count). The second-order valence-corrected chi connectivity index (χ2v) is 8.73. The number of hydrogen-bond acceptors (Lipinski definition) is 4. The van der Waals surface area contributed by atoms with Crippen LogP contribution in [0.5, 0.6) is 0 Å². The summed E-state index contributed by atoms with van der Waals surface area (Å²) in [4.78, 5) is 39.1. The summed E-state index contributed by atoms with van der Waals surface area (Å²) in [5.41, 5.74) is 0.526. The topological polar surface area (TPSA) is 57.7 Å². The number of nitrogens with zero attached hydrogens (tertiary/aromatic N) is 2. The molecule has 2 heterocycles. The van der Waals surface area contributed by atoms with Gasteiger partial charge in [0, 0.05) is 24.7 Å². The number of ketones is 1. The Kier molecular flexibility index (Phi) is 5.21. The fourth-order valence-electron chi connectivity index (χ4n) is 2.12. The van der Waals surface area contributed by atoms with Crippen molar-refractivity contribution in [3.05, 3.63) is 19.2 Å². The average molecular weight is 438 g/mol. The highest BCUT2D eigenvalue weighted by Crippen LogP contribution is 2.32. The van der Waals surface area contributed by atoms with Crippen LogP contribution in [0.2, 0.25) is 0 Å². The third-order valence-corrected chi connectivity index (χ3v) is 5.60. The minimum Gasteiger partial charge on any atom is -0.330 e. The van der Waals surface area contributed by atoms with Gasteiger partial charge in [-0.1, -0.05) is 0 Å². The van der Waals surface area contributed by atoms with E-state index < -0.39 is 11.8 Å². The van der Waals surface area contributed by atoms with Crippen LogP contribution in [0.3, 0.4) is 0 Å². The van der Waals surface area contributed by atoms with Crippen LogP contribution in [0.25, 0.3) is 0 Å². The fourth-order valence-corrected chi connectivity index (χ4v) is 4.98. The predicted molar refractivity (Wildman–Crippen MR) is 87.5 cm³/mol. The van der Waals surface area contributed by atoms with Crippen LogP contribution in [0.1, 0.15) is 24.2 Å². The first-order chi connectivity index (χ1) is 9.81. The maximum absolute atomic E-state index is 12.3. The molecule has 0 aromatic carbocycles. The van der Waals surface area contributed by atoms with E-state index in [9.17, 15) is 14.4 Å². The van der Waals surface area contributed by atoms with Crippen LogP contribution in [-0.4, -0.2) is 53.1 Å². The SMILES string of the molecule is CC(C)N1CCN(CC(=O)c2cc(Br)sc2Br)C(=O)C1=O. The third kappa shape index (κ3) is 3.54. The van der Waals surface area contributed by atoms with Crippen LogP contribution in [0, 0.1) is 0 Å². The number of rotatable bonds is 4. The number of halogens is 2. The summed E-state index contributed by atoms with van der Waals surface area (Å²) in [7, 11) is 0. The first-order valence-corrected chi connectivity index (χ1v) is 8.79. The standard InChI is InChI=1S/C13H14Br2N2O3S/c1-7(2)17-4-3-16(12(19)13(17)20)6-9(18)8-5-10(14)21-11(8)15/h5,7H,3-4,6H2,1-2H3. The Balaban J connectivity index is 2.07. The van der Waals surface area contributed by atoms with Crippen molar-refractivity contribution in [1.29, 1.82) is 0 Å². The Morgan fingerprint density at radius 2 is 1.95 bits per heavy atom. The smallest absolute Gasteiger partial charge is 0.312 e. The molecule has 0 bridgehead atoms. The van der Waals surface area contributed by atoms with Crippen molar-refractivity contribution < 1.29 is 14.4 Å². The molecule has 0 atom stereocenters. The second kappa shape index (κ2) is 6.58. The molecule has 1 fully saturated rings. The summed E-state index contributed by atoms with van der Waals surface area (Å²) >= 11 is 8.04. The first kappa shape index (κ1) is 16.6. The number of amides is 2. The molecule has 5 nitrogen and oxygen atoms in total. The third-order valence-electron chi connectivity index (χ3n) is 3.26. The molecule has 1 aliphatic rings. The first-order valence-electron chi connectivity index (χ1n) is 6.39. The Hall–Kier alpha value is -0.730. The van der Waals surface area contributed by atoms with E-state index in [0.29, 0.717) is 18.7 Å². The minimum absolute atomic E-state index is 0.0127. The number of carbonyl (C=O) groups is 3. The number of Topliss-reactive ketones (excluding diaryl/α,β-unsaturated/α-hetero) is 1. The molecular formula is C13H14Br2N2O3S. The normalized spacial score (nSPS) is 16.0. The summed E-state index contributed by atoms with van der Waals surface area (Å²) in [5.74, 6) is -1.31. The van der Waals surface area contributed by atoms with Gasteiger partial charge in [0.05, 0.1) is 14.1 Å². The van der Waals surface area contributed by atoms with Gasteiger partial charge in [-0.25, -0.2) is 0 Å². The number of piperazine rings is 1. The molecule has 2 amide bonds. The maximum atomic E-state index is 12.3. The highest BCUT2D eigenvalue weighted by atomic mass is 79.9. The number of carbonyl (C=O) groups excluding carboxylic acids is 3. The molecule has 114 valence electrons. The van der Waals surface area contributed by atoms with Gasteiger partial charge in [0.1, 0.15) is 0 Å². The van der Waals surface area contributed by atoms with Gasteiger partial charge < -0.3 is 9.80 Å². The van der Waals surface area contributed by atoms with E-state index in [-0.39, 0.29) is 18.4 Å². The molecule has 0 spiro atoms. The lowest BCUT2D eigenvalue weighted by Crippen LogP contribution is -2.57. The molecule has 1 aromatic rings. The van der Waals surface area contributed by atoms with E-state index in [1.54, 1.807) is 6.07 Å². The molecule has 8 heteroatoms. The predicted octanol–water partition coefficient (Wildman–Crippen LogP) is 2.54. The second-order valence-electron chi connectivity index (χ2n) is 4.98. The molecule has 21 heavy (non-hydrogen) atoms. The Bertz CT molecular complexity index is 600. The molecule has 0 unspecified atom stereocenters. The summed E-state index contributed by atoms with van der Waals surface area (Å²) in [6.45, 7) is 4.51. The zero-order valence-electron chi connectivity index (χ0n) is 11.6. The van der Waals surface area contributed by atoms with E-state index in [0.717, 1.165) is 7.57 Å². The van der Waals surface area contributed by atoms with Crippen molar-refractivity contribution in [1.82, 2.24) is 9.80 Å². The van der Waals surface area contributed by atoms with Crippen molar-refractivity contribution in [2.75, 3.05) is 19.6 Å². The van der Waals surface area contributed by atoms with Gasteiger partial charge in [-0.15, -0.1) is 11.3 Å². The molecule has 1 aliphatic heterocycles. The highest BCUT2D eigenvalue weighted by Gasteiger charge is 2.34. The Morgan fingerprint density at radius 1 is 1.29 bits per heavy atom. The van der Waals surface area contributed by atoms with Crippen molar-refractivity contribution in [2.24, 2.45) is 0 Å². The van der Waals surface area contributed by atoms with Gasteiger partial charge in [0.25, 0.3) is 0 Å². The summed E-state index contributed by atoms with van der Waals surface area (Å²) in [5, 5.41) is 0. The van der Waals surface area contributed by atoms with E-state index in [1.807, 2.05) is 13.8 Å². The van der Waals surface area contributed by atoms with Gasteiger partial charge in [-0.3, -0.25) is 14.4 Å². The lowest BCUT2D eigenvalue weighted by molar-refractivity contribution is -0.156. The van der Waals surface area contributed by atoms with Crippen molar-refractivity contribution >= 4 is 60.8 Å². The largest absolute Gasteiger partial charge is 0.330 e. The van der Waals surface area contributed by atoms with Gasteiger partial charge >= 0.3 is 11.8 Å². The number of hydrogen-bond donors (Lipinski definition) is 0. The summed E-state index contributed by atoms with van der Waals surface area (Å²) < 4.78 is 1.56. The summed E-state index contributed by atoms with van der Waals surface area (Å²) in [6.07, 6.45) is 0. The quantitative estimate of drug-likeness (QED) is 0.537. The maximum Gasteiger partial charge on any atom is 0.312 e. The van der Waals surface area contributed by atoms with Crippen LogP contribution < -0.4 is 0 Å². The molecule has 1 aromatic heterocycles. The van der Waals surface area contributed by atoms with Crippen LogP contribution in [-0.2, 0) is 9.59 Å². The van der Waals surface area contributed by atoms with Crippen LogP contribution in [0.15, 0.2) is 13.6 Å². The van der Waals surface area contributed by atoms with E-state index in [2.05, 4.69) is 31.9 Å². The zero-order chi connectivity index (χ0) is 15.7. The molecule has 1 saturated heterocycles. The average Bonchev–Trinajstić information content (AvgIpc) is 2.74. The molecular weight excluding hydrogens is 424 g/mol. The van der Waals surface area contributed by atoms with Gasteiger partial charge in [-0.2, -0.15) is 0 Å². The molecule has 0 saturated carbocycles. The zero-order valence-corrected chi connectivity index (χ0v) is 15.5. The van der Waals surface area contributed by atoms with E-state index in [4.69, 9.17) is 0 Å². The van der Waals surface area contributed by atoms with Crippen molar-refractivity contribution in [2.45, 2.75) is 19.9 Å². The van der Waals surface area contributed by atoms with Crippen LogP contribution in [0.4, 0.5) is 0 Å². The van der Waals surface area contributed by atoms with Crippen LogP contribution >= 0.6 is 43.2 Å². The van der Waals surface area contributed by atoms with Gasteiger partial charge in [0.2, 0.25) is 0 Å². The highest BCUT2D eigenvalue weighted by molar-refractivity contribution is 9.12. The lowest BCUT2D eigenvalue weighted by atomic mass is 10.2. The summed E-state index contributed by atoms with van der Waals surface area (Å²) in [6, 6.07) is 1.70. The molecule has 0 aliphatic carbocycles.